The number of nitrogens with two attached hydrogens (primary N) is 1. The molecule has 1 aromatic carbocycles. The highest BCUT2D eigenvalue weighted by atomic mass is 32.2. The molecule has 2 aromatic rings. The maximum absolute atomic E-state index is 13.8. The third-order valence-electron chi connectivity index (χ3n) is 3.72. The van der Waals surface area contributed by atoms with Crippen LogP contribution in [0.2, 0.25) is 0 Å². The quantitative estimate of drug-likeness (QED) is 0.905. The molecule has 0 amide bonds. The molecule has 3 rings (SSSR count). The van der Waals surface area contributed by atoms with Crippen LogP contribution in [0.5, 0.6) is 0 Å². The van der Waals surface area contributed by atoms with E-state index in [1.165, 1.54) is 0 Å². The van der Waals surface area contributed by atoms with Crippen LogP contribution in [0.25, 0.3) is 0 Å². The van der Waals surface area contributed by atoms with Crippen molar-refractivity contribution < 1.29 is 21.6 Å². The summed E-state index contributed by atoms with van der Waals surface area (Å²) in [5.41, 5.74) is 5.37. The van der Waals surface area contributed by atoms with Gasteiger partial charge in [-0.15, -0.1) is 5.10 Å². The van der Waals surface area contributed by atoms with Crippen molar-refractivity contribution in [2.75, 3.05) is 18.8 Å². The van der Waals surface area contributed by atoms with E-state index in [2.05, 4.69) is 10.2 Å². The Morgan fingerprint density at radius 3 is 2.78 bits per heavy atom. The molecule has 23 heavy (non-hydrogen) atoms. The lowest BCUT2D eigenvalue weighted by atomic mass is 10.00. The van der Waals surface area contributed by atoms with Crippen LogP contribution in [0.4, 0.5) is 14.8 Å². The lowest BCUT2D eigenvalue weighted by molar-refractivity contribution is 0.285. The van der Waals surface area contributed by atoms with Crippen LogP contribution in [0.15, 0.2) is 27.5 Å². The van der Waals surface area contributed by atoms with E-state index < -0.39 is 26.6 Å². The molecule has 1 fully saturated rings. The van der Waals surface area contributed by atoms with Crippen LogP contribution in [0.1, 0.15) is 24.7 Å². The SMILES string of the molecule is Nc1nnc(C2CCCN(S(=O)(=O)c3cccc(F)c3F)C2)o1. The number of hydrogen-bond acceptors (Lipinski definition) is 6. The van der Waals surface area contributed by atoms with Gasteiger partial charge >= 0.3 is 6.01 Å². The topological polar surface area (TPSA) is 102 Å². The molecule has 1 unspecified atom stereocenters. The number of nitrogens with zero attached hydrogens (tertiary/aromatic N) is 3. The molecule has 0 aliphatic carbocycles. The van der Waals surface area contributed by atoms with Gasteiger partial charge in [0.25, 0.3) is 0 Å². The van der Waals surface area contributed by atoms with E-state index in [0.717, 1.165) is 22.5 Å². The zero-order valence-electron chi connectivity index (χ0n) is 11.9. The number of anilines is 1. The molecule has 0 saturated carbocycles. The predicted octanol–water partition coefficient (Wildman–Crippen LogP) is 1.50. The zero-order chi connectivity index (χ0) is 16.6. The number of rotatable bonds is 3. The molecular weight excluding hydrogens is 330 g/mol. The fourth-order valence-electron chi connectivity index (χ4n) is 2.60. The molecule has 124 valence electrons. The second-order valence-electron chi connectivity index (χ2n) is 5.23. The predicted molar refractivity (Wildman–Crippen MR) is 75.8 cm³/mol. The standard InChI is InChI=1S/C13H14F2N4O3S/c14-9-4-1-5-10(11(9)15)23(20,21)19-6-2-3-8(7-19)12-17-18-13(16)22-12/h1,4-5,8H,2-3,6-7H2,(H2,16,18). The molecule has 1 aromatic heterocycles. The van der Waals surface area contributed by atoms with Crippen LogP contribution >= 0.6 is 0 Å². The minimum Gasteiger partial charge on any atom is -0.408 e. The summed E-state index contributed by atoms with van der Waals surface area (Å²) in [5, 5.41) is 7.31. The molecule has 1 aliphatic rings. The first kappa shape index (κ1) is 15.8. The normalized spacial score (nSPS) is 19.8. The minimum atomic E-state index is -4.15. The molecule has 0 spiro atoms. The fraction of sp³-hybridized carbons (Fsp3) is 0.385. The Kier molecular flexibility index (Phi) is 4.02. The third-order valence-corrected chi connectivity index (χ3v) is 5.61. The van der Waals surface area contributed by atoms with Crippen molar-refractivity contribution in [1.82, 2.24) is 14.5 Å². The molecule has 0 bridgehead atoms. The van der Waals surface area contributed by atoms with Gasteiger partial charge in [-0.3, -0.25) is 0 Å². The van der Waals surface area contributed by atoms with Crippen LogP contribution < -0.4 is 5.73 Å². The summed E-state index contributed by atoms with van der Waals surface area (Å²) in [6, 6.07) is 2.97. The van der Waals surface area contributed by atoms with Crippen molar-refractivity contribution in [1.29, 1.82) is 0 Å². The van der Waals surface area contributed by atoms with Gasteiger partial charge in [-0.05, 0) is 25.0 Å². The van der Waals surface area contributed by atoms with Gasteiger partial charge in [-0.1, -0.05) is 11.2 Å². The maximum atomic E-state index is 13.8. The fourth-order valence-corrected chi connectivity index (χ4v) is 4.19. The van der Waals surface area contributed by atoms with E-state index >= 15 is 0 Å². The molecule has 1 aliphatic heterocycles. The lowest BCUT2D eigenvalue weighted by Crippen LogP contribution is -2.39. The van der Waals surface area contributed by atoms with Crippen LogP contribution in [-0.2, 0) is 10.0 Å². The van der Waals surface area contributed by atoms with E-state index in [-0.39, 0.29) is 30.9 Å². The number of hydrogen-bond donors (Lipinski definition) is 1. The van der Waals surface area contributed by atoms with Crippen molar-refractivity contribution in [3.63, 3.8) is 0 Å². The first-order valence-corrected chi connectivity index (χ1v) is 8.36. The summed E-state index contributed by atoms with van der Waals surface area (Å²) >= 11 is 0. The molecule has 7 nitrogen and oxygen atoms in total. The van der Waals surface area contributed by atoms with Gasteiger partial charge in [-0.2, -0.15) is 4.31 Å². The van der Waals surface area contributed by atoms with Gasteiger partial charge in [0.2, 0.25) is 15.9 Å². The highest BCUT2D eigenvalue weighted by Gasteiger charge is 2.35. The van der Waals surface area contributed by atoms with Crippen LogP contribution in [0.3, 0.4) is 0 Å². The van der Waals surface area contributed by atoms with E-state index in [1.807, 2.05) is 0 Å². The van der Waals surface area contributed by atoms with Crippen molar-refractivity contribution in [2.24, 2.45) is 0 Å². The van der Waals surface area contributed by atoms with E-state index in [1.54, 1.807) is 0 Å². The van der Waals surface area contributed by atoms with Gasteiger partial charge in [0.15, 0.2) is 11.6 Å². The van der Waals surface area contributed by atoms with Gasteiger partial charge in [0.05, 0.1) is 5.92 Å². The zero-order valence-corrected chi connectivity index (χ0v) is 12.8. The number of piperidine rings is 1. The van der Waals surface area contributed by atoms with Crippen molar-refractivity contribution in [3.05, 3.63) is 35.7 Å². The molecule has 2 N–H and O–H groups in total. The van der Waals surface area contributed by atoms with Crippen molar-refractivity contribution in [2.45, 2.75) is 23.7 Å². The first-order valence-electron chi connectivity index (χ1n) is 6.92. The number of benzene rings is 1. The number of nitrogen functional groups attached to an aromatic ring is 1. The number of aromatic nitrogens is 2. The van der Waals surface area contributed by atoms with Gasteiger partial charge in [-0.25, -0.2) is 17.2 Å². The lowest BCUT2D eigenvalue weighted by Gasteiger charge is -2.30. The first-order chi connectivity index (χ1) is 10.9. The summed E-state index contributed by atoms with van der Waals surface area (Å²) in [7, 11) is -4.15. The monoisotopic (exact) mass is 344 g/mol. The Bertz CT molecular complexity index is 824. The summed E-state index contributed by atoms with van der Waals surface area (Å²) in [4.78, 5) is -0.678. The van der Waals surface area contributed by atoms with Crippen LogP contribution in [-0.4, -0.2) is 36.0 Å². The molecule has 10 heteroatoms. The molecule has 1 atom stereocenters. The van der Waals surface area contributed by atoms with E-state index in [0.29, 0.717) is 12.8 Å². The Hall–Kier alpha value is -2.07. The second kappa shape index (κ2) is 5.85. The Morgan fingerprint density at radius 1 is 1.30 bits per heavy atom. The molecular formula is C13H14F2N4O3S. The minimum absolute atomic E-state index is 0.0416. The maximum Gasteiger partial charge on any atom is 0.312 e. The third kappa shape index (κ3) is 2.91. The van der Waals surface area contributed by atoms with E-state index in [9.17, 15) is 17.2 Å². The van der Waals surface area contributed by atoms with E-state index in [4.69, 9.17) is 10.2 Å². The largest absolute Gasteiger partial charge is 0.408 e. The average molecular weight is 344 g/mol. The smallest absolute Gasteiger partial charge is 0.312 e. The summed E-state index contributed by atoms with van der Waals surface area (Å²) in [5.74, 6) is -2.68. The average Bonchev–Trinajstić information content (AvgIpc) is 2.96. The summed E-state index contributed by atoms with van der Waals surface area (Å²) < 4.78 is 58.5. The van der Waals surface area contributed by atoms with Gasteiger partial charge < -0.3 is 10.2 Å². The highest BCUT2D eigenvalue weighted by molar-refractivity contribution is 7.89. The Balaban J connectivity index is 1.89. The summed E-state index contributed by atoms with van der Waals surface area (Å²) in [6.45, 7) is 0.248. The van der Waals surface area contributed by atoms with Gasteiger partial charge in [0, 0.05) is 13.1 Å². The van der Waals surface area contributed by atoms with Crippen molar-refractivity contribution >= 4 is 16.0 Å². The van der Waals surface area contributed by atoms with Gasteiger partial charge in [0.1, 0.15) is 4.90 Å². The summed E-state index contributed by atoms with van der Waals surface area (Å²) in [6.07, 6.45) is 1.17. The Morgan fingerprint density at radius 2 is 2.09 bits per heavy atom. The van der Waals surface area contributed by atoms with Crippen LogP contribution in [0, 0.1) is 11.6 Å². The number of sulfonamides is 1. The van der Waals surface area contributed by atoms with Crippen molar-refractivity contribution in [3.8, 4) is 0 Å². The highest BCUT2D eigenvalue weighted by Crippen LogP contribution is 2.30. The second-order valence-corrected chi connectivity index (χ2v) is 7.14. The Labute approximate surface area is 131 Å². The number of halogens is 2. The molecule has 1 saturated heterocycles. The molecule has 0 radical (unpaired) electrons. The molecule has 2 heterocycles.